The van der Waals surface area contributed by atoms with Crippen molar-refractivity contribution >= 4 is 16.8 Å². The van der Waals surface area contributed by atoms with Crippen molar-refractivity contribution in [2.75, 3.05) is 6.61 Å². The van der Waals surface area contributed by atoms with Gasteiger partial charge < -0.3 is 14.0 Å². The quantitative estimate of drug-likeness (QED) is 0.181. The van der Waals surface area contributed by atoms with Crippen LogP contribution in [-0.4, -0.2) is 33.0 Å². The molecule has 0 N–H and O–H groups in total. The molecular formula is C34H28F2N4O3. The van der Waals surface area contributed by atoms with E-state index in [1.165, 1.54) is 19.1 Å². The molecule has 1 atom stereocenters. The molecule has 3 aromatic carbocycles. The molecule has 9 heteroatoms. The minimum atomic E-state index is -0.531. The number of pyridine rings is 1. The highest BCUT2D eigenvalue weighted by molar-refractivity contribution is 5.97. The van der Waals surface area contributed by atoms with Gasteiger partial charge in [-0.1, -0.05) is 24.3 Å². The van der Waals surface area contributed by atoms with Gasteiger partial charge in [0.25, 0.3) is 0 Å². The van der Waals surface area contributed by atoms with Crippen LogP contribution >= 0.6 is 0 Å². The minimum absolute atomic E-state index is 0.0298. The lowest BCUT2D eigenvalue weighted by Crippen LogP contribution is -2.31. The molecule has 0 amide bonds. The highest BCUT2D eigenvalue weighted by Crippen LogP contribution is 2.30. The fourth-order valence-electron chi connectivity index (χ4n) is 5.22. The van der Waals surface area contributed by atoms with Crippen LogP contribution in [0.2, 0.25) is 0 Å². The smallest absolute Gasteiger partial charge is 0.214 e. The summed E-state index contributed by atoms with van der Waals surface area (Å²) in [5, 5.41) is 8.94. The van der Waals surface area contributed by atoms with E-state index < -0.39 is 5.82 Å². The van der Waals surface area contributed by atoms with Crippen LogP contribution in [-0.2, 0) is 24.3 Å². The van der Waals surface area contributed by atoms with E-state index in [9.17, 15) is 9.18 Å². The van der Waals surface area contributed by atoms with Gasteiger partial charge >= 0.3 is 0 Å². The molecule has 0 aliphatic carbocycles. The Kier molecular flexibility index (Phi) is 7.70. The number of hydrogen-bond acceptors (Lipinski definition) is 6. The lowest BCUT2D eigenvalue weighted by molar-refractivity contribution is -0.0589. The van der Waals surface area contributed by atoms with Gasteiger partial charge in [-0.05, 0) is 67.8 Å². The molecule has 1 fully saturated rings. The molecule has 0 radical (unpaired) electrons. The fraction of sp³-hybridized carbons (Fsp3) is 0.235. The molecule has 3 heterocycles. The second-order valence-corrected chi connectivity index (χ2v) is 10.6. The van der Waals surface area contributed by atoms with Crippen LogP contribution in [0.5, 0.6) is 5.88 Å². The zero-order valence-corrected chi connectivity index (χ0v) is 23.7. The van der Waals surface area contributed by atoms with Crippen molar-refractivity contribution in [2.45, 2.75) is 45.9 Å². The number of nitriles is 1. The van der Waals surface area contributed by atoms with Crippen LogP contribution in [0.25, 0.3) is 22.3 Å². The number of carbonyl (C=O) groups is 1. The minimum Gasteiger partial charge on any atom is -0.473 e. The predicted octanol–water partition coefficient (Wildman–Crippen LogP) is 6.72. The first-order valence-corrected chi connectivity index (χ1v) is 14.0. The van der Waals surface area contributed by atoms with E-state index in [4.69, 9.17) is 19.7 Å². The lowest BCUT2D eigenvalue weighted by atomic mass is 9.99. The van der Waals surface area contributed by atoms with Gasteiger partial charge in [-0.3, -0.25) is 4.79 Å². The Morgan fingerprint density at radius 1 is 1.09 bits per heavy atom. The highest BCUT2D eigenvalue weighted by Gasteiger charge is 2.23. The monoisotopic (exact) mass is 578 g/mol. The summed E-state index contributed by atoms with van der Waals surface area (Å²) in [6.07, 6.45) is 1.25. The van der Waals surface area contributed by atoms with Gasteiger partial charge in [-0.2, -0.15) is 5.26 Å². The van der Waals surface area contributed by atoms with Gasteiger partial charge in [0.1, 0.15) is 24.1 Å². The normalized spacial score (nSPS) is 14.3. The van der Waals surface area contributed by atoms with Crippen molar-refractivity contribution < 1.29 is 23.0 Å². The van der Waals surface area contributed by atoms with Crippen LogP contribution in [0.1, 0.15) is 51.8 Å². The summed E-state index contributed by atoms with van der Waals surface area (Å²) < 4.78 is 43.6. The van der Waals surface area contributed by atoms with Gasteiger partial charge in [0.05, 0.1) is 41.0 Å². The van der Waals surface area contributed by atoms with Crippen molar-refractivity contribution in [3.63, 3.8) is 0 Å². The summed E-state index contributed by atoms with van der Waals surface area (Å²) in [7, 11) is 0. The number of rotatable bonds is 9. The van der Waals surface area contributed by atoms with E-state index >= 15 is 4.39 Å². The number of ether oxygens (including phenoxy) is 2. The maximum absolute atomic E-state index is 15.9. The number of ketones is 1. The number of aromatic nitrogens is 3. The number of hydrogen-bond donors (Lipinski definition) is 0. The van der Waals surface area contributed by atoms with Gasteiger partial charge in [0, 0.05) is 35.8 Å². The van der Waals surface area contributed by atoms with E-state index in [-0.39, 0.29) is 42.2 Å². The van der Waals surface area contributed by atoms with Gasteiger partial charge in [-0.15, -0.1) is 0 Å². The Labute approximate surface area is 247 Å². The highest BCUT2D eigenvalue weighted by atomic mass is 19.1. The molecule has 0 spiro atoms. The first-order chi connectivity index (χ1) is 20.8. The van der Waals surface area contributed by atoms with Crippen LogP contribution in [0.3, 0.4) is 0 Å². The van der Waals surface area contributed by atoms with Crippen molar-refractivity contribution in [1.29, 1.82) is 5.26 Å². The maximum Gasteiger partial charge on any atom is 0.214 e. The zero-order valence-electron chi connectivity index (χ0n) is 23.7. The summed E-state index contributed by atoms with van der Waals surface area (Å²) in [6, 6.07) is 20.3. The lowest BCUT2D eigenvalue weighted by Gasteiger charge is -2.27. The average Bonchev–Trinajstić information content (AvgIpc) is 3.32. The Morgan fingerprint density at radius 3 is 2.63 bits per heavy atom. The van der Waals surface area contributed by atoms with E-state index in [2.05, 4.69) is 4.98 Å². The van der Waals surface area contributed by atoms with Crippen LogP contribution < -0.4 is 4.74 Å². The summed E-state index contributed by atoms with van der Waals surface area (Å²) >= 11 is 0. The number of fused-ring (bicyclic) bond motifs is 1. The second-order valence-electron chi connectivity index (χ2n) is 10.6. The Morgan fingerprint density at radius 2 is 1.91 bits per heavy atom. The SMILES string of the molecule is CC(=O)c1ccc2nc(Cc3ccc(-c4cccc(OCc5ccc(C#N)cc5F)n4)c(C)c3F)n(C[C@@H]3CCO3)c2c1. The molecular weight excluding hydrogens is 550 g/mol. The number of Topliss-reactive ketones (excluding diaryl/α,β-unsaturated/α-hetero) is 1. The molecule has 1 aliphatic heterocycles. The van der Waals surface area contributed by atoms with E-state index in [1.807, 2.05) is 28.8 Å². The average molecular weight is 579 g/mol. The molecule has 2 aromatic heterocycles. The van der Waals surface area contributed by atoms with Crippen LogP contribution in [0.4, 0.5) is 8.78 Å². The van der Waals surface area contributed by atoms with Gasteiger partial charge in [0.2, 0.25) is 5.88 Å². The van der Waals surface area contributed by atoms with Crippen molar-refractivity contribution in [2.24, 2.45) is 0 Å². The Hall–Kier alpha value is -4.94. The first-order valence-electron chi connectivity index (χ1n) is 14.0. The molecule has 6 rings (SSSR count). The van der Waals surface area contributed by atoms with Crippen LogP contribution in [0, 0.1) is 29.9 Å². The van der Waals surface area contributed by atoms with Crippen molar-refractivity contribution in [3.05, 3.63) is 112 Å². The number of halogens is 2. The molecule has 0 bridgehead atoms. The third kappa shape index (κ3) is 5.74. The molecule has 7 nitrogen and oxygen atoms in total. The molecule has 0 unspecified atom stereocenters. The summed E-state index contributed by atoms with van der Waals surface area (Å²) in [6.45, 7) is 4.46. The molecule has 216 valence electrons. The predicted molar refractivity (Wildman–Crippen MR) is 157 cm³/mol. The van der Waals surface area contributed by atoms with E-state index in [0.29, 0.717) is 52.5 Å². The maximum atomic E-state index is 15.9. The summed E-state index contributed by atoms with van der Waals surface area (Å²) in [4.78, 5) is 21.4. The number of nitrogens with zero attached hydrogens (tertiary/aromatic N) is 4. The summed E-state index contributed by atoms with van der Waals surface area (Å²) in [5.41, 5.74) is 4.75. The molecule has 5 aromatic rings. The fourth-order valence-corrected chi connectivity index (χ4v) is 5.22. The third-order valence-corrected chi connectivity index (χ3v) is 7.79. The topological polar surface area (TPSA) is 90.0 Å². The molecule has 0 saturated carbocycles. The standard InChI is InChI=1S/C34H28F2N4O3/c1-20-27(29-4-3-5-33(39-29)43-19-25-7-6-22(17-37)14-28(25)35)10-8-24(34(20)36)16-32-38-30-11-9-23(21(2)41)15-31(30)40(32)18-26-12-13-42-26/h3-11,14-15,26H,12-13,16,18-19H2,1-2H3/t26-/m0/s1. The number of carbonyl (C=O) groups excluding carboxylic acids is 1. The van der Waals surface area contributed by atoms with Gasteiger partial charge in [0.15, 0.2) is 5.78 Å². The summed E-state index contributed by atoms with van der Waals surface area (Å²) in [5.74, 6) is 0.0469. The zero-order chi connectivity index (χ0) is 30.1. The van der Waals surface area contributed by atoms with Crippen molar-refractivity contribution in [1.82, 2.24) is 14.5 Å². The molecule has 43 heavy (non-hydrogen) atoms. The van der Waals surface area contributed by atoms with Gasteiger partial charge in [-0.25, -0.2) is 18.7 Å². The Bertz CT molecular complexity index is 1910. The Balaban J connectivity index is 1.26. The second kappa shape index (κ2) is 11.7. The van der Waals surface area contributed by atoms with Crippen LogP contribution in [0.15, 0.2) is 66.7 Å². The number of imidazole rings is 1. The van der Waals surface area contributed by atoms with E-state index in [1.54, 1.807) is 37.3 Å². The molecule has 1 saturated heterocycles. The first kappa shape index (κ1) is 28.2. The van der Waals surface area contributed by atoms with E-state index in [0.717, 1.165) is 23.5 Å². The largest absolute Gasteiger partial charge is 0.473 e. The van der Waals surface area contributed by atoms with Crippen molar-refractivity contribution in [3.8, 4) is 23.2 Å². The third-order valence-electron chi connectivity index (χ3n) is 7.79. The number of benzene rings is 3. The molecule has 1 aliphatic rings.